The van der Waals surface area contributed by atoms with Crippen LogP contribution in [0.4, 0.5) is 5.69 Å². The summed E-state index contributed by atoms with van der Waals surface area (Å²) in [4.78, 5) is 53.1. The lowest BCUT2D eigenvalue weighted by atomic mass is 9.47. The number of rotatable bonds is 6. The van der Waals surface area contributed by atoms with E-state index in [2.05, 4.69) is 84.1 Å². The first-order valence-electron chi connectivity index (χ1n) is 20.1. The van der Waals surface area contributed by atoms with E-state index in [1.807, 2.05) is 18.0 Å². The highest BCUT2D eigenvalue weighted by Gasteiger charge is 2.80. The summed E-state index contributed by atoms with van der Waals surface area (Å²) < 4.78 is 11.6. The van der Waals surface area contributed by atoms with Crippen molar-refractivity contribution in [1.82, 2.24) is 14.8 Å². The van der Waals surface area contributed by atoms with Crippen molar-refractivity contribution in [3.8, 4) is 0 Å². The second-order valence-corrected chi connectivity index (χ2v) is 17.4. The third-order valence-corrected chi connectivity index (χ3v) is 14.9. The average Bonchev–Trinajstić information content (AvgIpc) is 3.81. The molecule has 5 aliphatic heterocycles. The van der Waals surface area contributed by atoms with E-state index in [0.29, 0.717) is 25.8 Å². The first-order valence-corrected chi connectivity index (χ1v) is 20.1. The van der Waals surface area contributed by atoms with Gasteiger partial charge in [0.15, 0.2) is 6.10 Å². The standard InChI is InChI=1S/C45H54N4O6/c1-8-29-20-30-22-44(27(4)50,37-32(25-48(23-29)24-30)31-13-10-11-14-35(31)46-37)33-21-34-36(19-26(33)3)47(6)39-43(34)16-18-49-17-12-15-42(9-2,38(43)49)40(55-28(5)51)45(39,53)41(52)54-7/h10-15,19-21,30,38-40,46,53H,8-9,16-18,22-25H2,1-7H3/t30-,38-,39-,40-,42+,43-,44?,45+/m1/s1. The zero-order valence-electron chi connectivity index (χ0n) is 33.2. The zero-order valence-corrected chi connectivity index (χ0v) is 33.2. The number of H-pyrrole nitrogens is 1. The van der Waals surface area contributed by atoms with E-state index in [-0.39, 0.29) is 17.7 Å². The van der Waals surface area contributed by atoms with E-state index in [4.69, 9.17) is 9.47 Å². The number of nitrogens with one attached hydrogen (secondary N) is 1. The van der Waals surface area contributed by atoms with Crippen LogP contribution in [0.3, 0.4) is 0 Å². The summed E-state index contributed by atoms with van der Waals surface area (Å²) in [6, 6.07) is 11.9. The predicted octanol–water partition coefficient (Wildman–Crippen LogP) is 5.47. The number of methoxy groups -OCH3 is 1. The van der Waals surface area contributed by atoms with Crippen molar-refractivity contribution in [3.63, 3.8) is 0 Å². The van der Waals surface area contributed by atoms with Gasteiger partial charge in [-0.3, -0.25) is 19.4 Å². The summed E-state index contributed by atoms with van der Waals surface area (Å²) in [6.07, 6.45) is 8.21. The number of benzene rings is 2. The van der Waals surface area contributed by atoms with E-state index in [0.717, 1.165) is 71.6 Å². The van der Waals surface area contributed by atoms with Crippen LogP contribution in [0.15, 0.2) is 60.2 Å². The van der Waals surface area contributed by atoms with Crippen LogP contribution >= 0.6 is 0 Å². The predicted molar refractivity (Wildman–Crippen MR) is 211 cm³/mol. The molecule has 9 rings (SSSR count). The summed E-state index contributed by atoms with van der Waals surface area (Å²) in [7, 11) is 3.23. The van der Waals surface area contributed by atoms with Gasteiger partial charge in [0.05, 0.1) is 18.6 Å². The van der Waals surface area contributed by atoms with Crippen LogP contribution < -0.4 is 4.90 Å². The summed E-state index contributed by atoms with van der Waals surface area (Å²) in [5, 5.41) is 14.4. The highest BCUT2D eigenvalue weighted by Crippen LogP contribution is 2.68. The fourth-order valence-corrected chi connectivity index (χ4v) is 13.0. The highest BCUT2D eigenvalue weighted by atomic mass is 16.6. The minimum atomic E-state index is -2.21. The van der Waals surface area contributed by atoms with Gasteiger partial charge < -0.3 is 24.5 Å². The van der Waals surface area contributed by atoms with Gasteiger partial charge in [0.2, 0.25) is 5.60 Å². The van der Waals surface area contributed by atoms with Gasteiger partial charge >= 0.3 is 11.9 Å². The number of hydrogen-bond donors (Lipinski definition) is 2. The molecule has 1 aromatic heterocycles. The number of anilines is 1. The number of likely N-dealkylation sites (N-methyl/N-ethyl adjacent to an activating group) is 1. The Labute approximate surface area is 323 Å². The van der Waals surface area contributed by atoms with E-state index < -0.39 is 45.9 Å². The Morgan fingerprint density at radius 2 is 1.84 bits per heavy atom. The number of esters is 2. The first kappa shape index (κ1) is 36.4. The molecule has 1 spiro atoms. The van der Waals surface area contributed by atoms with Crippen molar-refractivity contribution < 1.29 is 29.0 Å². The lowest BCUT2D eigenvalue weighted by molar-refractivity contribution is -0.228. The van der Waals surface area contributed by atoms with Crippen molar-refractivity contribution in [3.05, 3.63) is 88.1 Å². The Kier molecular flexibility index (Phi) is 8.19. The molecule has 1 saturated heterocycles. The Balaban J connectivity index is 1.34. The van der Waals surface area contributed by atoms with Gasteiger partial charge in [-0.1, -0.05) is 61.9 Å². The Morgan fingerprint density at radius 1 is 1.05 bits per heavy atom. The van der Waals surface area contributed by atoms with Crippen LogP contribution in [0.2, 0.25) is 0 Å². The lowest BCUT2D eigenvalue weighted by Crippen LogP contribution is -2.81. The number of aromatic amines is 1. The fourth-order valence-electron chi connectivity index (χ4n) is 13.0. The summed E-state index contributed by atoms with van der Waals surface area (Å²) in [6.45, 7) is 13.5. The van der Waals surface area contributed by atoms with Gasteiger partial charge in [-0.15, -0.1) is 0 Å². The number of aromatic nitrogens is 1. The second kappa shape index (κ2) is 12.4. The number of carbonyl (C=O) groups excluding carboxylic acids is 3. The van der Waals surface area contributed by atoms with Gasteiger partial charge in [0, 0.05) is 79.3 Å². The number of aryl methyl sites for hydroxylation is 1. The molecular formula is C45H54N4O6. The first-order chi connectivity index (χ1) is 26.3. The monoisotopic (exact) mass is 746 g/mol. The minimum Gasteiger partial charge on any atom is -0.467 e. The fraction of sp³-hybridized carbons (Fsp3) is 0.533. The molecule has 2 N–H and O–H groups in total. The maximum absolute atomic E-state index is 15.0. The van der Waals surface area contributed by atoms with Crippen LogP contribution in [-0.4, -0.2) is 102 Å². The molecular weight excluding hydrogens is 693 g/mol. The van der Waals surface area contributed by atoms with Gasteiger partial charge in [-0.05, 0) is 86.4 Å². The maximum Gasteiger partial charge on any atom is 0.344 e. The van der Waals surface area contributed by atoms with E-state index in [1.165, 1.54) is 25.2 Å². The van der Waals surface area contributed by atoms with Crippen molar-refractivity contribution in [1.29, 1.82) is 0 Å². The van der Waals surface area contributed by atoms with E-state index in [9.17, 15) is 19.5 Å². The van der Waals surface area contributed by atoms with Crippen molar-refractivity contribution >= 4 is 34.3 Å². The number of Topliss-reactive ketones (excluding diaryl/α,β-unsaturated/α-hetero) is 1. The zero-order chi connectivity index (χ0) is 38.8. The molecule has 10 heteroatoms. The third-order valence-electron chi connectivity index (χ3n) is 14.9. The molecule has 3 aromatic rings. The second-order valence-electron chi connectivity index (χ2n) is 17.4. The molecule has 0 amide bonds. The summed E-state index contributed by atoms with van der Waals surface area (Å²) >= 11 is 0. The van der Waals surface area contributed by atoms with Crippen LogP contribution in [-0.2, 0) is 41.2 Å². The number of ketones is 1. The van der Waals surface area contributed by atoms with E-state index in [1.54, 1.807) is 6.92 Å². The lowest BCUT2D eigenvalue weighted by Gasteiger charge is -2.63. The molecule has 1 aliphatic carbocycles. The van der Waals surface area contributed by atoms with Crippen LogP contribution in [0.1, 0.15) is 81.3 Å². The molecule has 9 atom stereocenters. The van der Waals surface area contributed by atoms with Gasteiger partial charge in [-0.25, -0.2) is 4.79 Å². The summed E-state index contributed by atoms with van der Waals surface area (Å²) in [5.74, 6) is -1.12. The number of ether oxygens (including phenoxy) is 2. The number of aliphatic hydroxyl groups is 1. The normalized spacial score (nSPS) is 35.9. The van der Waals surface area contributed by atoms with E-state index >= 15 is 0 Å². The average molecular weight is 747 g/mol. The molecule has 2 fully saturated rings. The van der Waals surface area contributed by atoms with Gasteiger partial charge in [-0.2, -0.15) is 0 Å². The largest absolute Gasteiger partial charge is 0.467 e. The quantitative estimate of drug-likeness (QED) is 0.251. The Hall–Kier alpha value is -4.25. The molecule has 10 nitrogen and oxygen atoms in total. The van der Waals surface area contributed by atoms with Crippen molar-refractivity contribution in [2.75, 3.05) is 45.2 Å². The van der Waals surface area contributed by atoms with Crippen LogP contribution in [0, 0.1) is 18.3 Å². The molecule has 6 heterocycles. The minimum absolute atomic E-state index is 0.0930. The molecule has 2 aromatic carbocycles. The number of hydrogen-bond acceptors (Lipinski definition) is 9. The molecule has 0 radical (unpaired) electrons. The molecule has 290 valence electrons. The SMILES string of the molecule is CCC1=C[C@H]2CN(C1)Cc1c([nH]c3ccccc13)C(C(C)=O)(c1cc3c(cc1C)N(C)[C@H]1[C@@](O)(C(=O)OC)[C@H](OC(C)=O)[C@@]4(CC)C=CCN5CC[C@]31[C@H]54)C2. The third kappa shape index (κ3) is 4.56. The molecule has 6 aliphatic rings. The molecule has 55 heavy (non-hydrogen) atoms. The van der Waals surface area contributed by atoms with Crippen LogP contribution in [0.25, 0.3) is 10.9 Å². The Bertz CT molecular complexity index is 2210. The topological polar surface area (TPSA) is 115 Å². The molecule has 1 saturated carbocycles. The molecule has 2 unspecified atom stereocenters. The Morgan fingerprint density at radius 3 is 2.55 bits per heavy atom. The summed E-state index contributed by atoms with van der Waals surface area (Å²) in [5.41, 5.74) is 3.59. The highest BCUT2D eigenvalue weighted by molar-refractivity contribution is 5.97. The van der Waals surface area contributed by atoms with Gasteiger partial charge in [0.25, 0.3) is 0 Å². The smallest absolute Gasteiger partial charge is 0.344 e. The maximum atomic E-state index is 15.0. The van der Waals surface area contributed by atoms with Gasteiger partial charge in [0.1, 0.15) is 5.78 Å². The number of para-hydroxylation sites is 1. The van der Waals surface area contributed by atoms with Crippen LogP contribution in [0.5, 0.6) is 0 Å². The molecule has 2 bridgehead atoms. The number of fused-ring (bicyclic) bond motifs is 6. The van der Waals surface area contributed by atoms with Crippen molar-refractivity contribution in [2.45, 2.75) is 101 Å². The number of carbonyl (C=O) groups is 3. The van der Waals surface area contributed by atoms with Crippen molar-refractivity contribution in [2.24, 2.45) is 11.3 Å². The number of nitrogens with zero attached hydrogens (tertiary/aromatic N) is 3.